The van der Waals surface area contributed by atoms with Crippen molar-refractivity contribution in [3.63, 3.8) is 0 Å². The largest absolute Gasteiger partial charge is 0.481 e. The van der Waals surface area contributed by atoms with Crippen molar-refractivity contribution in [1.82, 2.24) is 9.88 Å². The molecular weight excluding hydrogens is 238 g/mol. The fourth-order valence-electron chi connectivity index (χ4n) is 3.16. The molecule has 1 aromatic rings. The van der Waals surface area contributed by atoms with Crippen LogP contribution in [0.3, 0.4) is 0 Å². The molecule has 2 atom stereocenters. The van der Waals surface area contributed by atoms with E-state index < -0.39 is 0 Å². The molecule has 1 aliphatic carbocycles. The average Bonchev–Trinajstić information content (AvgIpc) is 3.26. The lowest BCUT2D eigenvalue weighted by Gasteiger charge is -2.33. The second-order valence-corrected chi connectivity index (χ2v) is 5.71. The monoisotopic (exact) mass is 261 g/mol. The Morgan fingerprint density at radius 3 is 2.74 bits per heavy atom. The van der Waals surface area contributed by atoms with E-state index in [0.29, 0.717) is 11.9 Å². The molecule has 1 saturated carbocycles. The van der Waals surface area contributed by atoms with Crippen molar-refractivity contribution < 1.29 is 4.74 Å². The van der Waals surface area contributed by atoms with Gasteiger partial charge in [0.25, 0.3) is 0 Å². The Hall–Kier alpha value is -1.13. The summed E-state index contributed by atoms with van der Waals surface area (Å²) in [6.07, 6.45) is 8.21. The first-order chi connectivity index (χ1) is 9.29. The van der Waals surface area contributed by atoms with Gasteiger partial charge in [0, 0.05) is 24.3 Å². The summed E-state index contributed by atoms with van der Waals surface area (Å²) in [6, 6.07) is 5.36. The van der Waals surface area contributed by atoms with Crippen molar-refractivity contribution in [1.29, 1.82) is 0 Å². The van der Waals surface area contributed by atoms with Crippen LogP contribution in [0.15, 0.2) is 18.3 Å². The maximum atomic E-state index is 6.44. The van der Waals surface area contributed by atoms with E-state index >= 15 is 0 Å². The van der Waals surface area contributed by atoms with Crippen LogP contribution in [0, 0.1) is 0 Å². The van der Waals surface area contributed by atoms with E-state index in [2.05, 4.69) is 16.0 Å². The van der Waals surface area contributed by atoms with Gasteiger partial charge in [-0.1, -0.05) is 12.5 Å². The summed E-state index contributed by atoms with van der Waals surface area (Å²) in [5.74, 6) is 0.670. The Labute approximate surface area is 115 Å². The lowest BCUT2D eigenvalue weighted by atomic mass is 9.97. The van der Waals surface area contributed by atoms with Crippen molar-refractivity contribution in [2.45, 2.75) is 50.2 Å². The number of nitrogens with two attached hydrogens (primary N) is 1. The van der Waals surface area contributed by atoms with Crippen molar-refractivity contribution in [3.8, 4) is 5.88 Å². The molecule has 4 heteroatoms. The first-order valence-corrected chi connectivity index (χ1v) is 7.31. The molecular formula is C15H23N3O. The van der Waals surface area contributed by atoms with Crippen molar-refractivity contribution in [2.75, 3.05) is 13.7 Å². The molecule has 4 nitrogen and oxygen atoms in total. The van der Waals surface area contributed by atoms with E-state index in [4.69, 9.17) is 10.5 Å². The highest BCUT2D eigenvalue weighted by Gasteiger charge is 2.38. The third-order valence-electron chi connectivity index (χ3n) is 4.29. The van der Waals surface area contributed by atoms with E-state index in [0.717, 1.165) is 12.5 Å². The minimum atomic E-state index is 0.221. The van der Waals surface area contributed by atoms with Crippen molar-refractivity contribution in [3.05, 3.63) is 23.9 Å². The SMILES string of the molecule is COc1ccc(C2C(N)CCCCN2C2CC2)cn1. The van der Waals surface area contributed by atoms with Crippen LogP contribution in [0.5, 0.6) is 5.88 Å². The molecule has 3 rings (SSSR count). The second-order valence-electron chi connectivity index (χ2n) is 5.71. The van der Waals surface area contributed by atoms with E-state index in [-0.39, 0.29) is 6.04 Å². The van der Waals surface area contributed by atoms with Crippen LogP contribution in [0.1, 0.15) is 43.7 Å². The summed E-state index contributed by atoms with van der Waals surface area (Å²) in [5, 5.41) is 0. The molecule has 1 saturated heterocycles. The van der Waals surface area contributed by atoms with E-state index in [1.165, 1.54) is 37.8 Å². The number of pyridine rings is 1. The number of rotatable bonds is 3. The molecule has 2 unspecified atom stereocenters. The van der Waals surface area contributed by atoms with Gasteiger partial charge in [-0.15, -0.1) is 0 Å². The Balaban J connectivity index is 1.87. The molecule has 1 aliphatic heterocycles. The third kappa shape index (κ3) is 2.74. The van der Waals surface area contributed by atoms with Gasteiger partial charge in [-0.05, 0) is 37.8 Å². The zero-order valence-electron chi connectivity index (χ0n) is 11.6. The number of methoxy groups -OCH3 is 1. The third-order valence-corrected chi connectivity index (χ3v) is 4.29. The van der Waals surface area contributed by atoms with Gasteiger partial charge in [-0.25, -0.2) is 4.98 Å². The van der Waals surface area contributed by atoms with Gasteiger partial charge in [0.05, 0.1) is 13.2 Å². The Kier molecular flexibility index (Phi) is 3.71. The summed E-state index contributed by atoms with van der Waals surface area (Å²) in [6.45, 7) is 1.18. The summed E-state index contributed by atoms with van der Waals surface area (Å²) in [5.41, 5.74) is 7.67. The van der Waals surface area contributed by atoms with Crippen LogP contribution in [0.2, 0.25) is 0 Å². The predicted octanol–water partition coefficient (Wildman–Crippen LogP) is 2.11. The highest BCUT2D eigenvalue weighted by atomic mass is 16.5. The molecule has 0 spiro atoms. The number of hydrogen-bond acceptors (Lipinski definition) is 4. The average molecular weight is 261 g/mol. The molecule has 1 aromatic heterocycles. The lowest BCUT2D eigenvalue weighted by molar-refractivity contribution is 0.175. The molecule has 0 amide bonds. The predicted molar refractivity (Wildman–Crippen MR) is 75.1 cm³/mol. The summed E-state index contributed by atoms with van der Waals surface area (Å²) in [4.78, 5) is 6.96. The highest BCUT2D eigenvalue weighted by molar-refractivity contribution is 5.23. The highest BCUT2D eigenvalue weighted by Crippen LogP contribution is 2.38. The van der Waals surface area contributed by atoms with Gasteiger partial charge in [-0.3, -0.25) is 4.90 Å². The number of likely N-dealkylation sites (tertiary alicyclic amines) is 1. The molecule has 0 aromatic carbocycles. The van der Waals surface area contributed by atoms with E-state index in [1.807, 2.05) is 12.3 Å². The molecule has 2 N–H and O–H groups in total. The van der Waals surface area contributed by atoms with E-state index in [9.17, 15) is 0 Å². The van der Waals surface area contributed by atoms with Crippen LogP contribution < -0.4 is 10.5 Å². The van der Waals surface area contributed by atoms with Gasteiger partial charge in [0.15, 0.2) is 0 Å². The summed E-state index contributed by atoms with van der Waals surface area (Å²) < 4.78 is 5.14. The number of ether oxygens (including phenoxy) is 1. The molecule has 2 fully saturated rings. The quantitative estimate of drug-likeness (QED) is 0.905. The lowest BCUT2D eigenvalue weighted by Crippen LogP contribution is -2.41. The molecule has 104 valence electrons. The first kappa shape index (κ1) is 12.9. The van der Waals surface area contributed by atoms with Crippen LogP contribution in [0.4, 0.5) is 0 Å². The molecule has 19 heavy (non-hydrogen) atoms. The Morgan fingerprint density at radius 2 is 2.11 bits per heavy atom. The number of aromatic nitrogens is 1. The van der Waals surface area contributed by atoms with Crippen molar-refractivity contribution in [2.24, 2.45) is 5.73 Å². The Bertz CT molecular complexity index is 416. The zero-order valence-corrected chi connectivity index (χ0v) is 11.6. The zero-order chi connectivity index (χ0) is 13.2. The normalized spacial score (nSPS) is 28.9. The number of nitrogens with zero attached hydrogens (tertiary/aromatic N) is 2. The fraction of sp³-hybridized carbons (Fsp3) is 0.667. The van der Waals surface area contributed by atoms with E-state index in [1.54, 1.807) is 7.11 Å². The second kappa shape index (κ2) is 5.47. The van der Waals surface area contributed by atoms with Crippen LogP contribution >= 0.6 is 0 Å². The van der Waals surface area contributed by atoms with Gasteiger partial charge < -0.3 is 10.5 Å². The number of hydrogen-bond donors (Lipinski definition) is 1. The first-order valence-electron chi connectivity index (χ1n) is 7.31. The Morgan fingerprint density at radius 1 is 1.26 bits per heavy atom. The molecule has 2 aliphatic rings. The maximum Gasteiger partial charge on any atom is 0.212 e. The summed E-state index contributed by atoms with van der Waals surface area (Å²) in [7, 11) is 1.65. The maximum absolute atomic E-state index is 6.44. The fourth-order valence-corrected chi connectivity index (χ4v) is 3.16. The standard InChI is InChI=1S/C15H23N3O/c1-19-14-8-5-11(10-17-14)15-13(16)4-2-3-9-18(15)12-6-7-12/h5,8,10,12-13,15H,2-4,6-7,9,16H2,1H3. The molecule has 2 heterocycles. The van der Waals surface area contributed by atoms with Crippen LogP contribution in [-0.4, -0.2) is 35.6 Å². The van der Waals surface area contributed by atoms with Crippen molar-refractivity contribution >= 4 is 0 Å². The van der Waals surface area contributed by atoms with Crippen LogP contribution in [0.25, 0.3) is 0 Å². The topological polar surface area (TPSA) is 51.4 Å². The summed E-state index contributed by atoms with van der Waals surface area (Å²) >= 11 is 0. The van der Waals surface area contributed by atoms with Gasteiger partial charge in [-0.2, -0.15) is 0 Å². The minimum Gasteiger partial charge on any atom is -0.481 e. The smallest absolute Gasteiger partial charge is 0.212 e. The van der Waals surface area contributed by atoms with Crippen LogP contribution in [-0.2, 0) is 0 Å². The van der Waals surface area contributed by atoms with Gasteiger partial charge in [0.1, 0.15) is 0 Å². The minimum absolute atomic E-state index is 0.221. The molecule has 0 bridgehead atoms. The van der Waals surface area contributed by atoms with Gasteiger partial charge >= 0.3 is 0 Å². The molecule has 0 radical (unpaired) electrons. The van der Waals surface area contributed by atoms with Gasteiger partial charge in [0.2, 0.25) is 5.88 Å².